The molecule has 1 rings (SSSR count). The monoisotopic (exact) mass is 234 g/mol. The number of carbonyl (C=O) groups excluding carboxylic acids is 1. The molecule has 0 aliphatic rings. The predicted molar refractivity (Wildman–Crippen MR) is 72.9 cm³/mol. The average molecular weight is 234 g/mol. The van der Waals surface area contributed by atoms with E-state index in [0.29, 0.717) is 12.3 Å². The van der Waals surface area contributed by atoms with Crippen molar-refractivity contribution in [1.82, 2.24) is 0 Å². The first-order chi connectivity index (χ1) is 8.06. The Morgan fingerprint density at radius 1 is 1.41 bits per heavy atom. The zero-order valence-electron chi connectivity index (χ0n) is 10.9. The van der Waals surface area contributed by atoms with E-state index in [0.717, 1.165) is 29.8 Å². The Balaban J connectivity index is 2.63. The normalized spacial score (nSPS) is 12.2. The summed E-state index contributed by atoms with van der Waals surface area (Å²) in [6.45, 7) is 6.23. The third-order valence-corrected chi connectivity index (χ3v) is 3.04. The highest BCUT2D eigenvalue weighted by atomic mass is 16.1. The maximum atomic E-state index is 11.7. The fourth-order valence-electron chi connectivity index (χ4n) is 1.67. The first-order valence-corrected chi connectivity index (χ1v) is 6.25. The van der Waals surface area contributed by atoms with Gasteiger partial charge in [0.15, 0.2) is 0 Å². The molecule has 17 heavy (non-hydrogen) atoms. The number of anilines is 2. The summed E-state index contributed by atoms with van der Waals surface area (Å²) in [7, 11) is 0. The van der Waals surface area contributed by atoms with E-state index in [2.05, 4.69) is 26.1 Å². The van der Waals surface area contributed by atoms with E-state index < -0.39 is 0 Å². The highest BCUT2D eigenvalue weighted by molar-refractivity contribution is 5.91. The molecule has 0 aromatic heterocycles. The molecule has 1 atom stereocenters. The molecule has 94 valence electrons. The van der Waals surface area contributed by atoms with E-state index in [1.165, 1.54) is 0 Å². The Kier molecular flexibility index (Phi) is 5.01. The van der Waals surface area contributed by atoms with Gasteiger partial charge in [0, 0.05) is 17.8 Å². The number of hydrogen-bond acceptors (Lipinski definition) is 2. The summed E-state index contributed by atoms with van der Waals surface area (Å²) in [5, 5.41) is 2.88. The molecule has 1 amide bonds. The summed E-state index contributed by atoms with van der Waals surface area (Å²) >= 11 is 0. The summed E-state index contributed by atoms with van der Waals surface area (Å²) in [5.41, 5.74) is 8.53. The van der Waals surface area contributed by atoms with Crippen molar-refractivity contribution < 1.29 is 4.79 Å². The van der Waals surface area contributed by atoms with Crippen LogP contribution < -0.4 is 11.1 Å². The van der Waals surface area contributed by atoms with Crippen molar-refractivity contribution >= 4 is 17.3 Å². The quantitative estimate of drug-likeness (QED) is 0.769. The van der Waals surface area contributed by atoms with Crippen molar-refractivity contribution in [2.45, 2.75) is 40.0 Å². The van der Waals surface area contributed by atoms with Gasteiger partial charge in [-0.3, -0.25) is 4.79 Å². The van der Waals surface area contributed by atoms with Crippen LogP contribution in [0.25, 0.3) is 0 Å². The average Bonchev–Trinajstić information content (AvgIpc) is 2.29. The number of benzene rings is 1. The van der Waals surface area contributed by atoms with Crippen molar-refractivity contribution in [2.75, 3.05) is 11.1 Å². The minimum absolute atomic E-state index is 0.0583. The lowest BCUT2D eigenvalue weighted by atomic mass is 10.0. The van der Waals surface area contributed by atoms with Crippen molar-refractivity contribution in [2.24, 2.45) is 5.92 Å². The number of nitrogens with two attached hydrogens (primary N) is 1. The number of nitrogen functional groups attached to an aromatic ring is 1. The van der Waals surface area contributed by atoms with Gasteiger partial charge < -0.3 is 11.1 Å². The topological polar surface area (TPSA) is 55.1 Å². The van der Waals surface area contributed by atoms with Gasteiger partial charge >= 0.3 is 0 Å². The van der Waals surface area contributed by atoms with Gasteiger partial charge in [0.1, 0.15) is 0 Å². The largest absolute Gasteiger partial charge is 0.398 e. The SMILES string of the molecule is CCc1ccc(NC(=O)CC(C)CC)cc1N. The minimum Gasteiger partial charge on any atom is -0.398 e. The lowest BCUT2D eigenvalue weighted by molar-refractivity contribution is -0.117. The first-order valence-electron chi connectivity index (χ1n) is 6.25. The van der Waals surface area contributed by atoms with Crippen LogP contribution in [0, 0.1) is 5.92 Å². The summed E-state index contributed by atoms with van der Waals surface area (Å²) in [5.74, 6) is 0.477. The number of nitrogens with one attached hydrogen (secondary N) is 1. The maximum Gasteiger partial charge on any atom is 0.224 e. The Labute approximate surface area is 103 Å². The fourth-order valence-corrected chi connectivity index (χ4v) is 1.67. The second kappa shape index (κ2) is 6.28. The lowest BCUT2D eigenvalue weighted by Crippen LogP contribution is -2.15. The molecule has 3 nitrogen and oxygen atoms in total. The highest BCUT2D eigenvalue weighted by Gasteiger charge is 2.08. The molecule has 0 saturated carbocycles. The summed E-state index contributed by atoms with van der Waals surface area (Å²) in [4.78, 5) is 11.7. The van der Waals surface area contributed by atoms with E-state index >= 15 is 0 Å². The van der Waals surface area contributed by atoms with Gasteiger partial charge in [0.05, 0.1) is 0 Å². The van der Waals surface area contributed by atoms with Gasteiger partial charge in [-0.1, -0.05) is 33.3 Å². The molecule has 3 N–H and O–H groups in total. The molecule has 0 aliphatic carbocycles. The zero-order valence-corrected chi connectivity index (χ0v) is 10.9. The van der Waals surface area contributed by atoms with Gasteiger partial charge in [-0.2, -0.15) is 0 Å². The zero-order chi connectivity index (χ0) is 12.8. The van der Waals surface area contributed by atoms with Crippen molar-refractivity contribution in [3.05, 3.63) is 23.8 Å². The molecule has 0 saturated heterocycles. The second-order valence-electron chi connectivity index (χ2n) is 4.53. The van der Waals surface area contributed by atoms with Crippen LogP contribution in [-0.4, -0.2) is 5.91 Å². The highest BCUT2D eigenvalue weighted by Crippen LogP contribution is 2.19. The van der Waals surface area contributed by atoms with Crippen molar-refractivity contribution in [3.63, 3.8) is 0 Å². The summed E-state index contributed by atoms with van der Waals surface area (Å²) in [6, 6.07) is 5.70. The van der Waals surface area contributed by atoms with Gasteiger partial charge in [-0.25, -0.2) is 0 Å². The van der Waals surface area contributed by atoms with Crippen molar-refractivity contribution in [1.29, 1.82) is 0 Å². The third kappa shape index (κ3) is 4.10. The van der Waals surface area contributed by atoms with E-state index in [-0.39, 0.29) is 5.91 Å². The number of rotatable bonds is 5. The van der Waals surface area contributed by atoms with E-state index in [4.69, 9.17) is 5.73 Å². The molecule has 0 heterocycles. The minimum atomic E-state index is 0.0583. The number of amides is 1. The summed E-state index contributed by atoms with van der Waals surface area (Å²) in [6.07, 6.45) is 2.49. The molecule has 3 heteroatoms. The standard InChI is InChI=1S/C14H22N2O/c1-4-10(3)8-14(17)16-12-7-6-11(5-2)13(15)9-12/h6-7,9-10H,4-5,8,15H2,1-3H3,(H,16,17). The number of aryl methyl sites for hydroxylation is 1. The molecular formula is C14H22N2O. The van der Waals surface area contributed by atoms with Gasteiger partial charge in [0.2, 0.25) is 5.91 Å². The van der Waals surface area contributed by atoms with Gasteiger partial charge in [-0.05, 0) is 30.0 Å². The lowest BCUT2D eigenvalue weighted by Gasteiger charge is -2.11. The summed E-state index contributed by atoms with van der Waals surface area (Å²) < 4.78 is 0. The Hall–Kier alpha value is -1.51. The number of carbonyl (C=O) groups is 1. The molecule has 0 fully saturated rings. The smallest absolute Gasteiger partial charge is 0.224 e. The van der Waals surface area contributed by atoms with Crippen LogP contribution in [0.2, 0.25) is 0 Å². The second-order valence-corrected chi connectivity index (χ2v) is 4.53. The van der Waals surface area contributed by atoms with Gasteiger partial charge in [0.25, 0.3) is 0 Å². The van der Waals surface area contributed by atoms with E-state index in [1.807, 2.05) is 18.2 Å². The molecule has 0 bridgehead atoms. The van der Waals surface area contributed by atoms with Crippen LogP contribution in [0.5, 0.6) is 0 Å². The van der Waals surface area contributed by atoms with Crippen molar-refractivity contribution in [3.8, 4) is 0 Å². The van der Waals surface area contributed by atoms with Crippen LogP contribution in [0.3, 0.4) is 0 Å². The number of hydrogen-bond donors (Lipinski definition) is 2. The van der Waals surface area contributed by atoms with Gasteiger partial charge in [-0.15, -0.1) is 0 Å². The third-order valence-electron chi connectivity index (χ3n) is 3.04. The Bertz CT molecular complexity index is 388. The molecule has 1 aromatic carbocycles. The maximum absolute atomic E-state index is 11.7. The Morgan fingerprint density at radius 2 is 2.12 bits per heavy atom. The molecule has 0 spiro atoms. The Morgan fingerprint density at radius 3 is 2.65 bits per heavy atom. The molecule has 0 aliphatic heterocycles. The molecular weight excluding hydrogens is 212 g/mol. The van der Waals surface area contributed by atoms with Crippen LogP contribution in [0.4, 0.5) is 11.4 Å². The molecule has 0 radical (unpaired) electrons. The predicted octanol–water partition coefficient (Wildman–Crippen LogP) is 3.21. The van der Waals surface area contributed by atoms with Crippen LogP contribution in [-0.2, 0) is 11.2 Å². The van der Waals surface area contributed by atoms with Crippen LogP contribution in [0.15, 0.2) is 18.2 Å². The van der Waals surface area contributed by atoms with Crippen LogP contribution in [0.1, 0.15) is 39.2 Å². The van der Waals surface area contributed by atoms with E-state index in [9.17, 15) is 4.79 Å². The fraction of sp³-hybridized carbons (Fsp3) is 0.500. The first kappa shape index (κ1) is 13.6. The van der Waals surface area contributed by atoms with Crippen LogP contribution >= 0.6 is 0 Å². The molecule has 1 aromatic rings. The van der Waals surface area contributed by atoms with E-state index in [1.54, 1.807) is 0 Å². The molecule has 1 unspecified atom stereocenters.